The quantitative estimate of drug-likeness (QED) is 0.121. The number of carbonyl (C=O) groups is 2. The van der Waals surface area contributed by atoms with Gasteiger partial charge in [-0.1, -0.05) is 130 Å². The van der Waals surface area contributed by atoms with Crippen LogP contribution < -0.4 is 0 Å². The van der Waals surface area contributed by atoms with Gasteiger partial charge in [0.2, 0.25) is 0 Å². The van der Waals surface area contributed by atoms with Crippen molar-refractivity contribution in [2.24, 2.45) is 11.8 Å². The fraction of sp³-hybridized carbons (Fsp3) is 0.886. The number of fused-ring (bicyclic) bond motifs is 2. The molecule has 13 nitrogen and oxygen atoms in total. The summed E-state index contributed by atoms with van der Waals surface area (Å²) >= 11 is 0. The van der Waals surface area contributed by atoms with Crippen LogP contribution in [0.25, 0.3) is 0 Å². The highest BCUT2D eigenvalue weighted by atomic mass is 28.4. The molecule has 17 atom stereocenters. The van der Waals surface area contributed by atoms with E-state index in [9.17, 15) is 4.79 Å². The Morgan fingerprint density at radius 2 is 1.07 bits per heavy atom. The lowest BCUT2D eigenvalue weighted by Gasteiger charge is -2.56. The fourth-order valence-corrected chi connectivity index (χ4v) is 18.7. The molecular formula is C70H130O13Si5. The SMILES string of the molecule is C=C1C[C@@H]2CCC(=O)/C=C/[C@H](O[Si](C)(C)C(C)(C)C)[C@@H]3O[C@H]4CCC(CC(=O)C[C@H]5[C@H](CC6O[C@@H](CCC1O2)C[C@@H](C)C6=C)OC(C[C@@H](CO[Si](C)(C)C(C)(C)C)O[Si](C)(C)C(C)(C)C)[C@@H]5OC)O[C@@H]4[C@@H](O[Si](C)(C)C(C)(C)C)[C@@H]3O[Si](C)(C)C(C)(C)C. The van der Waals surface area contributed by atoms with Crippen LogP contribution in [0.4, 0.5) is 0 Å². The minimum Gasteiger partial charge on any atom is -0.414 e. The van der Waals surface area contributed by atoms with E-state index < -0.39 is 84.3 Å². The zero-order valence-electron chi connectivity index (χ0n) is 60.9. The predicted molar refractivity (Wildman–Crippen MR) is 371 cm³/mol. The number of ketones is 2. The zero-order chi connectivity index (χ0) is 66.5. The van der Waals surface area contributed by atoms with E-state index in [1.54, 1.807) is 13.2 Å². The number of Topliss-reactive ketones (excluding diaryl/α,β-unsaturated/α-hetero) is 1. The van der Waals surface area contributed by atoms with Crippen LogP contribution in [0.3, 0.4) is 0 Å². The summed E-state index contributed by atoms with van der Waals surface area (Å²) in [6.45, 7) is 68.9. The van der Waals surface area contributed by atoms with Gasteiger partial charge in [0, 0.05) is 45.1 Å². The topological polar surface area (TPSA) is 136 Å². The van der Waals surface area contributed by atoms with E-state index in [0.29, 0.717) is 45.1 Å². The summed E-state index contributed by atoms with van der Waals surface area (Å²) < 4.78 is 80.3. The molecule has 0 aromatic rings. The van der Waals surface area contributed by atoms with Crippen molar-refractivity contribution in [1.29, 1.82) is 0 Å². The van der Waals surface area contributed by atoms with Crippen molar-refractivity contribution in [2.45, 2.75) is 370 Å². The third kappa shape index (κ3) is 18.6. The number of carbonyl (C=O) groups excluding carboxylic acids is 2. The molecule has 4 unspecified atom stereocenters. The Bertz CT molecular complexity index is 2410. The maximum absolute atomic E-state index is 15.4. The van der Waals surface area contributed by atoms with Crippen LogP contribution in [0.15, 0.2) is 36.5 Å². The Hall–Kier alpha value is -0.796. The maximum atomic E-state index is 15.4. The molecule has 0 aromatic carbocycles. The number of allylic oxidation sites excluding steroid dienone is 1. The van der Waals surface area contributed by atoms with Gasteiger partial charge >= 0.3 is 0 Å². The summed E-state index contributed by atoms with van der Waals surface area (Å²) in [5, 5.41) is -0.482. The summed E-state index contributed by atoms with van der Waals surface area (Å²) in [5.41, 5.74) is 2.13. The van der Waals surface area contributed by atoms with Crippen LogP contribution in [0, 0.1) is 11.8 Å². The summed E-state index contributed by atoms with van der Waals surface area (Å²) in [4.78, 5) is 29.7. The van der Waals surface area contributed by atoms with Crippen molar-refractivity contribution in [3.05, 3.63) is 36.5 Å². The Balaban J connectivity index is 1.45. The lowest BCUT2D eigenvalue weighted by Crippen LogP contribution is -2.69. The Kier molecular flexibility index (Phi) is 24.7. The molecule has 0 saturated carbocycles. The number of rotatable bonds is 14. The van der Waals surface area contributed by atoms with Gasteiger partial charge in [-0.3, -0.25) is 9.59 Å². The molecule has 8 aliphatic rings. The molecule has 8 heterocycles. The van der Waals surface area contributed by atoms with Crippen molar-refractivity contribution >= 4 is 53.2 Å². The molecule has 0 N–H and O–H groups in total. The standard InChI is InChI=1S/C70H130O13Si5/c1-45-38-51-33-36-55-46(2)39-50(75-55)32-30-48(71)31-35-57(81-86(24,25)68(10,11)12)63-65(83-88(28,29)70(16,17)18)64(82-87(26,27)69(13,14)15)62-56(79-63)37-34-52(77-62)40-49(72)41-54-59(43-58(76-51)47(45)3)78-60(61(54)73-19)42-53(80-85(22,23)67(7,8)9)44-74-84(20,21)66(4,5)6/h31,35,45,50-65H,2-3,30,32-34,36-44H2,1,4-29H3/b35-31+/t45-,50+,51+,52?,53+,54+,55?,56+,57+,58?,59+,60?,61-,62+,63+,64-,65-/m1/s1. The molecule has 88 heavy (non-hydrogen) atoms. The highest BCUT2D eigenvalue weighted by Crippen LogP contribution is 2.50. The average Bonchev–Trinajstić information content (AvgIpc) is 3.91. The van der Waals surface area contributed by atoms with Crippen LogP contribution in [-0.2, 0) is 60.1 Å². The van der Waals surface area contributed by atoms with Gasteiger partial charge in [-0.05, 0) is 159 Å². The number of hydrogen-bond donors (Lipinski definition) is 0. The highest BCUT2D eigenvalue weighted by molar-refractivity contribution is 6.76. The first-order chi connectivity index (χ1) is 40.0. The van der Waals surface area contributed by atoms with E-state index in [1.807, 2.05) is 6.08 Å². The van der Waals surface area contributed by atoms with Gasteiger partial charge in [-0.25, -0.2) is 0 Å². The van der Waals surface area contributed by atoms with Crippen LogP contribution in [-0.4, -0.2) is 158 Å². The molecule has 5 saturated heterocycles. The van der Waals surface area contributed by atoms with E-state index in [-0.39, 0.29) is 110 Å². The fourth-order valence-electron chi connectivity index (χ4n) is 12.4. The zero-order valence-corrected chi connectivity index (χ0v) is 65.9. The van der Waals surface area contributed by atoms with Gasteiger partial charge in [0.05, 0.1) is 73.8 Å². The summed E-state index contributed by atoms with van der Waals surface area (Å²) in [6, 6.07) is 0. The predicted octanol–water partition coefficient (Wildman–Crippen LogP) is 17.2. The molecule has 8 rings (SSSR count). The van der Waals surface area contributed by atoms with Crippen molar-refractivity contribution < 1.29 is 60.1 Å². The lowest BCUT2D eigenvalue weighted by atomic mass is 9.81. The van der Waals surface area contributed by atoms with Gasteiger partial charge in [-0.15, -0.1) is 0 Å². The molecule has 8 bridgehead atoms. The smallest absolute Gasteiger partial charge is 0.193 e. The van der Waals surface area contributed by atoms with Crippen LogP contribution in [0.1, 0.15) is 188 Å². The van der Waals surface area contributed by atoms with E-state index in [0.717, 1.165) is 36.8 Å². The van der Waals surface area contributed by atoms with Crippen molar-refractivity contribution in [3.8, 4) is 0 Å². The molecule has 0 aromatic heterocycles. The number of hydrogen-bond acceptors (Lipinski definition) is 13. The summed E-state index contributed by atoms with van der Waals surface area (Å²) in [6.07, 6.45) is 4.93. The minimum atomic E-state index is -2.60. The van der Waals surface area contributed by atoms with E-state index in [4.69, 9.17) is 50.6 Å². The Morgan fingerprint density at radius 3 is 1.62 bits per heavy atom. The van der Waals surface area contributed by atoms with Crippen molar-refractivity contribution in [3.63, 3.8) is 0 Å². The summed E-state index contributed by atoms with van der Waals surface area (Å²) in [5.74, 6) is 0.0629. The van der Waals surface area contributed by atoms with E-state index in [1.165, 1.54) is 0 Å². The van der Waals surface area contributed by atoms with Gasteiger partial charge in [0.15, 0.2) is 47.4 Å². The van der Waals surface area contributed by atoms with Gasteiger partial charge < -0.3 is 50.6 Å². The third-order valence-electron chi connectivity index (χ3n) is 23.5. The lowest BCUT2D eigenvalue weighted by molar-refractivity contribution is -0.266. The van der Waals surface area contributed by atoms with Crippen molar-refractivity contribution in [1.82, 2.24) is 0 Å². The second-order valence-corrected chi connectivity index (χ2v) is 59.4. The Morgan fingerprint density at radius 1 is 0.545 bits per heavy atom. The first-order valence-electron chi connectivity index (χ1n) is 34.2. The van der Waals surface area contributed by atoms with Crippen LogP contribution in [0.2, 0.25) is 90.7 Å². The highest BCUT2D eigenvalue weighted by Gasteiger charge is 2.59. The molecular weight excluding hydrogens is 1190 g/mol. The number of methoxy groups -OCH3 is 1. The molecule has 508 valence electrons. The largest absolute Gasteiger partial charge is 0.414 e. The third-order valence-corrected chi connectivity index (χ3v) is 46.0. The van der Waals surface area contributed by atoms with Gasteiger partial charge in [0.1, 0.15) is 30.2 Å². The molecule has 8 aliphatic heterocycles. The van der Waals surface area contributed by atoms with Crippen molar-refractivity contribution in [2.75, 3.05) is 13.7 Å². The van der Waals surface area contributed by atoms with Gasteiger partial charge in [-0.2, -0.15) is 0 Å². The van der Waals surface area contributed by atoms with Gasteiger partial charge in [0.25, 0.3) is 0 Å². The normalized spacial score (nSPS) is 34.5. The van der Waals surface area contributed by atoms with E-state index >= 15 is 4.79 Å². The Labute approximate surface area is 542 Å². The monoisotopic (exact) mass is 1320 g/mol. The molecule has 0 radical (unpaired) electrons. The maximum Gasteiger partial charge on any atom is 0.193 e. The molecule has 18 heteroatoms. The molecule has 0 aliphatic carbocycles. The first-order valence-corrected chi connectivity index (χ1v) is 48.8. The second-order valence-electron chi connectivity index (χ2n) is 35.5. The number of ether oxygens (including phenoxy) is 6. The second kappa shape index (κ2) is 28.5. The molecule has 0 amide bonds. The minimum absolute atomic E-state index is 0.0171. The first kappa shape index (κ1) is 76.2. The average molecular weight is 1320 g/mol. The van der Waals surface area contributed by atoms with Crippen LogP contribution >= 0.6 is 0 Å². The van der Waals surface area contributed by atoms with E-state index in [2.05, 4.69) is 189 Å². The summed E-state index contributed by atoms with van der Waals surface area (Å²) in [7, 11) is -10.4. The molecule has 5 fully saturated rings. The molecule has 0 spiro atoms. The van der Waals surface area contributed by atoms with Crippen LogP contribution in [0.5, 0.6) is 0 Å².